The number of allylic oxidation sites excluding steroid dienone is 1. The second kappa shape index (κ2) is 3.88. The van der Waals surface area contributed by atoms with E-state index in [1.807, 2.05) is 27.7 Å². The first-order valence-corrected chi connectivity index (χ1v) is 3.84. The van der Waals surface area contributed by atoms with E-state index < -0.39 is 11.5 Å². The van der Waals surface area contributed by atoms with Gasteiger partial charge >= 0.3 is 0 Å². The largest absolute Gasteiger partial charge is 0.396 e. The lowest BCUT2D eigenvalue weighted by Crippen LogP contribution is -2.31. The van der Waals surface area contributed by atoms with Crippen molar-refractivity contribution in [2.75, 3.05) is 6.61 Å². The highest BCUT2D eigenvalue weighted by Gasteiger charge is 2.24. The van der Waals surface area contributed by atoms with Crippen molar-refractivity contribution >= 4 is 0 Å². The van der Waals surface area contributed by atoms with Gasteiger partial charge in [-0.05, 0) is 13.8 Å². The maximum absolute atomic E-state index is 9.51. The van der Waals surface area contributed by atoms with Crippen molar-refractivity contribution in [3.05, 3.63) is 11.6 Å². The molecule has 0 aromatic rings. The molecule has 66 valence electrons. The van der Waals surface area contributed by atoms with Gasteiger partial charge in [0.15, 0.2) is 0 Å². The summed E-state index contributed by atoms with van der Waals surface area (Å²) >= 11 is 0. The van der Waals surface area contributed by atoms with E-state index in [0.29, 0.717) is 0 Å². The molecule has 1 atom stereocenters. The molecule has 0 fully saturated rings. The number of aliphatic hydroxyl groups excluding tert-OH is 2. The molecule has 0 aromatic heterocycles. The van der Waals surface area contributed by atoms with Gasteiger partial charge in [0, 0.05) is 5.41 Å². The highest BCUT2D eigenvalue weighted by Crippen LogP contribution is 2.21. The zero-order valence-corrected chi connectivity index (χ0v) is 7.76. The standard InChI is InChI=1S/C9H18O2/c1-7(2)5-8(11)9(3,4)6-10/h5,8,10-11H,6H2,1-4H3. The van der Waals surface area contributed by atoms with Gasteiger partial charge in [-0.1, -0.05) is 25.5 Å². The number of rotatable bonds is 3. The van der Waals surface area contributed by atoms with E-state index in [2.05, 4.69) is 0 Å². The van der Waals surface area contributed by atoms with Gasteiger partial charge < -0.3 is 10.2 Å². The van der Waals surface area contributed by atoms with Crippen molar-refractivity contribution in [1.82, 2.24) is 0 Å². The summed E-state index contributed by atoms with van der Waals surface area (Å²) in [4.78, 5) is 0. The van der Waals surface area contributed by atoms with E-state index >= 15 is 0 Å². The Hall–Kier alpha value is -0.340. The first-order chi connectivity index (χ1) is 4.90. The molecule has 0 spiro atoms. The lowest BCUT2D eigenvalue weighted by Gasteiger charge is -2.26. The first-order valence-electron chi connectivity index (χ1n) is 3.84. The lowest BCUT2D eigenvalue weighted by molar-refractivity contribution is 0.0378. The molecular weight excluding hydrogens is 140 g/mol. The van der Waals surface area contributed by atoms with Crippen molar-refractivity contribution in [2.24, 2.45) is 5.41 Å². The number of hydrogen-bond acceptors (Lipinski definition) is 2. The first kappa shape index (κ1) is 10.7. The van der Waals surface area contributed by atoms with Gasteiger partial charge in [0.2, 0.25) is 0 Å². The van der Waals surface area contributed by atoms with Crippen molar-refractivity contribution in [3.8, 4) is 0 Å². The van der Waals surface area contributed by atoms with Crippen molar-refractivity contribution in [1.29, 1.82) is 0 Å². The third-order valence-electron chi connectivity index (χ3n) is 1.70. The van der Waals surface area contributed by atoms with Crippen LogP contribution in [0.3, 0.4) is 0 Å². The molecule has 0 aliphatic carbocycles. The summed E-state index contributed by atoms with van der Waals surface area (Å²) in [6, 6.07) is 0. The van der Waals surface area contributed by atoms with Crippen molar-refractivity contribution < 1.29 is 10.2 Å². The molecule has 0 rings (SSSR count). The summed E-state index contributed by atoms with van der Waals surface area (Å²) < 4.78 is 0. The minimum atomic E-state index is -0.558. The zero-order valence-electron chi connectivity index (χ0n) is 7.76. The summed E-state index contributed by atoms with van der Waals surface area (Å²) in [6.07, 6.45) is 1.20. The Bertz CT molecular complexity index is 144. The Kier molecular flexibility index (Phi) is 3.76. The smallest absolute Gasteiger partial charge is 0.0796 e. The molecule has 2 nitrogen and oxygen atoms in total. The van der Waals surface area contributed by atoms with Gasteiger partial charge in [0.05, 0.1) is 12.7 Å². The van der Waals surface area contributed by atoms with Crippen LogP contribution in [0.15, 0.2) is 11.6 Å². The Morgan fingerprint density at radius 2 is 1.91 bits per heavy atom. The number of hydrogen-bond donors (Lipinski definition) is 2. The van der Waals surface area contributed by atoms with E-state index in [0.717, 1.165) is 5.57 Å². The highest BCUT2D eigenvalue weighted by atomic mass is 16.3. The molecular formula is C9H18O2. The van der Waals surface area contributed by atoms with Gasteiger partial charge in [-0.25, -0.2) is 0 Å². The van der Waals surface area contributed by atoms with E-state index in [1.54, 1.807) is 6.08 Å². The van der Waals surface area contributed by atoms with Crippen LogP contribution < -0.4 is 0 Å². The summed E-state index contributed by atoms with van der Waals surface area (Å²) in [7, 11) is 0. The Balaban J connectivity index is 4.24. The maximum atomic E-state index is 9.51. The fourth-order valence-electron chi connectivity index (χ4n) is 0.635. The molecule has 1 unspecified atom stereocenters. The summed E-state index contributed by atoms with van der Waals surface area (Å²) in [5.41, 5.74) is 0.635. The average molecular weight is 158 g/mol. The predicted octanol–water partition coefficient (Wildman–Crippen LogP) is 1.33. The van der Waals surface area contributed by atoms with Gasteiger partial charge in [0.1, 0.15) is 0 Å². The SMILES string of the molecule is CC(C)=CC(O)C(C)(C)CO. The predicted molar refractivity (Wildman–Crippen MR) is 46.3 cm³/mol. The zero-order chi connectivity index (χ0) is 9.07. The monoisotopic (exact) mass is 158 g/mol. The van der Waals surface area contributed by atoms with Crippen LogP contribution in [0.4, 0.5) is 0 Å². The summed E-state index contributed by atoms with van der Waals surface area (Å²) in [6.45, 7) is 7.51. The van der Waals surface area contributed by atoms with Gasteiger partial charge in [0.25, 0.3) is 0 Å². The van der Waals surface area contributed by atoms with Crippen molar-refractivity contribution in [3.63, 3.8) is 0 Å². The van der Waals surface area contributed by atoms with Crippen LogP contribution in [-0.2, 0) is 0 Å². The third-order valence-corrected chi connectivity index (χ3v) is 1.70. The molecule has 0 saturated heterocycles. The van der Waals surface area contributed by atoms with Crippen LogP contribution in [0.25, 0.3) is 0 Å². The van der Waals surface area contributed by atoms with E-state index in [9.17, 15) is 5.11 Å². The molecule has 0 aliphatic heterocycles. The van der Waals surface area contributed by atoms with Gasteiger partial charge in [-0.15, -0.1) is 0 Å². The van der Waals surface area contributed by atoms with Gasteiger partial charge in [-0.2, -0.15) is 0 Å². The van der Waals surface area contributed by atoms with E-state index in [4.69, 9.17) is 5.11 Å². The molecule has 0 bridgehead atoms. The lowest BCUT2D eigenvalue weighted by atomic mass is 9.87. The van der Waals surface area contributed by atoms with Crippen molar-refractivity contribution in [2.45, 2.75) is 33.8 Å². The van der Waals surface area contributed by atoms with Gasteiger partial charge in [-0.3, -0.25) is 0 Å². The quantitative estimate of drug-likeness (QED) is 0.608. The Morgan fingerprint density at radius 3 is 2.18 bits per heavy atom. The Labute approximate surface area is 68.6 Å². The topological polar surface area (TPSA) is 40.5 Å². The van der Waals surface area contributed by atoms with E-state index in [1.165, 1.54) is 0 Å². The minimum Gasteiger partial charge on any atom is -0.396 e. The van der Waals surface area contributed by atoms with Crippen LogP contribution in [0.2, 0.25) is 0 Å². The molecule has 2 N–H and O–H groups in total. The molecule has 0 saturated carbocycles. The number of aliphatic hydroxyl groups is 2. The summed E-state index contributed by atoms with van der Waals surface area (Å²) in [5, 5.41) is 18.4. The van der Waals surface area contributed by atoms with Crippen LogP contribution in [0, 0.1) is 5.41 Å². The molecule has 0 radical (unpaired) electrons. The van der Waals surface area contributed by atoms with Crippen LogP contribution >= 0.6 is 0 Å². The molecule has 0 aromatic carbocycles. The normalized spacial score (nSPS) is 14.4. The summed E-state index contributed by atoms with van der Waals surface area (Å²) in [5.74, 6) is 0. The molecule has 0 amide bonds. The van der Waals surface area contributed by atoms with Crippen LogP contribution in [-0.4, -0.2) is 22.9 Å². The molecule has 0 heterocycles. The third kappa shape index (κ3) is 3.54. The van der Waals surface area contributed by atoms with E-state index in [-0.39, 0.29) is 6.61 Å². The molecule has 2 heteroatoms. The van der Waals surface area contributed by atoms with Crippen LogP contribution in [0.1, 0.15) is 27.7 Å². The Morgan fingerprint density at radius 1 is 1.45 bits per heavy atom. The second-order valence-corrected chi connectivity index (χ2v) is 3.84. The highest BCUT2D eigenvalue weighted by molar-refractivity contribution is 5.02. The molecule has 11 heavy (non-hydrogen) atoms. The maximum Gasteiger partial charge on any atom is 0.0796 e. The minimum absolute atomic E-state index is 0.00204. The van der Waals surface area contributed by atoms with Crippen LogP contribution in [0.5, 0.6) is 0 Å². The average Bonchev–Trinajstić information content (AvgIpc) is 1.86. The fraction of sp³-hybridized carbons (Fsp3) is 0.778. The second-order valence-electron chi connectivity index (χ2n) is 3.84. The fourth-order valence-corrected chi connectivity index (χ4v) is 0.635. The molecule has 0 aliphatic rings.